The molecule has 1 N–H and O–H groups in total. The Morgan fingerprint density at radius 3 is 2.72 bits per heavy atom. The van der Waals surface area contributed by atoms with Crippen LogP contribution in [0.25, 0.3) is 0 Å². The topological polar surface area (TPSA) is 59.3 Å². The van der Waals surface area contributed by atoms with Crippen molar-refractivity contribution in [3.8, 4) is 0 Å². The molecule has 2 rings (SSSR count). The fourth-order valence-corrected chi connectivity index (χ4v) is 1.59. The van der Waals surface area contributed by atoms with Crippen LogP contribution in [0.3, 0.4) is 0 Å². The first-order chi connectivity index (χ1) is 8.65. The van der Waals surface area contributed by atoms with Crippen LogP contribution in [0, 0.1) is 0 Å². The Morgan fingerprint density at radius 1 is 1.22 bits per heavy atom. The minimum atomic E-state index is -0.175. The SMILES string of the molecule is CC(=O)c1cccc(NC(=O)Cc2ccco2)c1. The van der Waals surface area contributed by atoms with E-state index in [0.29, 0.717) is 17.0 Å². The van der Waals surface area contributed by atoms with Crippen LogP contribution in [0.4, 0.5) is 5.69 Å². The lowest BCUT2D eigenvalue weighted by Gasteiger charge is -2.05. The molecule has 1 heterocycles. The number of Topliss-reactive ketones (excluding diaryl/α,β-unsaturated/α-hetero) is 1. The molecule has 1 aromatic carbocycles. The molecule has 0 aliphatic rings. The zero-order valence-electron chi connectivity index (χ0n) is 9.97. The Balaban J connectivity index is 2.03. The predicted octanol–water partition coefficient (Wildman–Crippen LogP) is 2.66. The molecular weight excluding hydrogens is 230 g/mol. The smallest absolute Gasteiger partial charge is 0.231 e. The van der Waals surface area contributed by atoms with Gasteiger partial charge in [0.15, 0.2) is 5.78 Å². The number of furan rings is 1. The summed E-state index contributed by atoms with van der Waals surface area (Å²) in [5.74, 6) is 0.401. The molecule has 2 aromatic rings. The van der Waals surface area contributed by atoms with Gasteiger partial charge in [-0.05, 0) is 31.2 Å². The van der Waals surface area contributed by atoms with E-state index < -0.39 is 0 Å². The maximum absolute atomic E-state index is 11.7. The largest absolute Gasteiger partial charge is 0.469 e. The molecule has 0 fully saturated rings. The lowest BCUT2D eigenvalue weighted by atomic mass is 10.1. The zero-order chi connectivity index (χ0) is 13.0. The number of hydrogen-bond donors (Lipinski definition) is 1. The first kappa shape index (κ1) is 12.1. The minimum absolute atomic E-state index is 0.0304. The van der Waals surface area contributed by atoms with Crippen LogP contribution >= 0.6 is 0 Å². The van der Waals surface area contributed by atoms with Crippen LogP contribution in [-0.4, -0.2) is 11.7 Å². The molecule has 1 aromatic heterocycles. The van der Waals surface area contributed by atoms with E-state index in [-0.39, 0.29) is 18.1 Å². The van der Waals surface area contributed by atoms with Gasteiger partial charge in [-0.1, -0.05) is 12.1 Å². The Kier molecular flexibility index (Phi) is 3.57. The molecule has 0 atom stereocenters. The van der Waals surface area contributed by atoms with Gasteiger partial charge in [0.2, 0.25) is 5.91 Å². The highest BCUT2D eigenvalue weighted by Crippen LogP contribution is 2.12. The second-order valence-corrected chi connectivity index (χ2v) is 3.94. The first-order valence-electron chi connectivity index (χ1n) is 5.58. The second-order valence-electron chi connectivity index (χ2n) is 3.94. The molecule has 92 valence electrons. The average Bonchev–Trinajstić information content (AvgIpc) is 2.82. The number of carbonyl (C=O) groups is 2. The predicted molar refractivity (Wildman–Crippen MR) is 67.5 cm³/mol. The average molecular weight is 243 g/mol. The Morgan fingerprint density at radius 2 is 2.06 bits per heavy atom. The molecule has 4 heteroatoms. The van der Waals surface area contributed by atoms with Crippen molar-refractivity contribution in [1.82, 2.24) is 0 Å². The molecule has 18 heavy (non-hydrogen) atoms. The van der Waals surface area contributed by atoms with Gasteiger partial charge in [-0.2, -0.15) is 0 Å². The summed E-state index contributed by atoms with van der Waals surface area (Å²) < 4.78 is 5.09. The lowest BCUT2D eigenvalue weighted by Crippen LogP contribution is -2.14. The number of nitrogens with one attached hydrogen (secondary N) is 1. The van der Waals surface area contributed by atoms with E-state index in [1.807, 2.05) is 0 Å². The summed E-state index contributed by atoms with van der Waals surface area (Å²) in [5.41, 5.74) is 1.19. The number of benzene rings is 1. The van der Waals surface area contributed by atoms with Crippen molar-refractivity contribution in [3.05, 3.63) is 54.0 Å². The van der Waals surface area contributed by atoms with Crippen LogP contribution in [0.2, 0.25) is 0 Å². The van der Waals surface area contributed by atoms with Gasteiger partial charge in [0.25, 0.3) is 0 Å². The first-order valence-corrected chi connectivity index (χ1v) is 5.58. The highest BCUT2D eigenvalue weighted by Gasteiger charge is 2.07. The van der Waals surface area contributed by atoms with Gasteiger partial charge in [-0.15, -0.1) is 0 Å². The van der Waals surface area contributed by atoms with Gasteiger partial charge in [0.1, 0.15) is 5.76 Å². The van der Waals surface area contributed by atoms with Gasteiger partial charge in [-0.25, -0.2) is 0 Å². The number of anilines is 1. The molecule has 4 nitrogen and oxygen atoms in total. The van der Waals surface area contributed by atoms with Gasteiger partial charge in [0.05, 0.1) is 12.7 Å². The maximum Gasteiger partial charge on any atom is 0.231 e. The van der Waals surface area contributed by atoms with Crippen LogP contribution in [0.1, 0.15) is 23.0 Å². The van der Waals surface area contributed by atoms with Gasteiger partial charge >= 0.3 is 0 Å². The molecule has 0 saturated heterocycles. The van der Waals surface area contributed by atoms with Crippen LogP contribution in [-0.2, 0) is 11.2 Å². The van der Waals surface area contributed by atoms with Gasteiger partial charge in [0, 0.05) is 11.3 Å². The van der Waals surface area contributed by atoms with Crippen molar-refractivity contribution < 1.29 is 14.0 Å². The summed E-state index contributed by atoms with van der Waals surface area (Å²) >= 11 is 0. The summed E-state index contributed by atoms with van der Waals surface area (Å²) in [6, 6.07) is 10.3. The molecule has 0 saturated carbocycles. The number of carbonyl (C=O) groups excluding carboxylic acids is 2. The summed E-state index contributed by atoms with van der Waals surface area (Å²) in [7, 11) is 0. The zero-order valence-corrected chi connectivity index (χ0v) is 9.97. The van der Waals surface area contributed by atoms with E-state index in [1.165, 1.54) is 13.2 Å². The normalized spacial score (nSPS) is 10.1. The standard InChI is InChI=1S/C14H13NO3/c1-10(16)11-4-2-5-12(8-11)15-14(17)9-13-6-3-7-18-13/h2-8H,9H2,1H3,(H,15,17). The van der Waals surface area contributed by atoms with Crippen molar-refractivity contribution in [3.63, 3.8) is 0 Å². The van der Waals surface area contributed by atoms with E-state index in [2.05, 4.69) is 5.32 Å². The van der Waals surface area contributed by atoms with Crippen molar-refractivity contribution in [2.75, 3.05) is 5.32 Å². The number of rotatable bonds is 4. The third-order valence-electron chi connectivity index (χ3n) is 2.47. The van der Waals surface area contributed by atoms with E-state index >= 15 is 0 Å². The van der Waals surface area contributed by atoms with E-state index in [4.69, 9.17) is 4.42 Å². The quantitative estimate of drug-likeness (QED) is 0.840. The fraction of sp³-hybridized carbons (Fsp3) is 0.143. The van der Waals surface area contributed by atoms with E-state index in [1.54, 1.807) is 36.4 Å². The Labute approximate surface area is 105 Å². The summed E-state index contributed by atoms with van der Waals surface area (Å²) in [6.45, 7) is 1.49. The van der Waals surface area contributed by atoms with E-state index in [0.717, 1.165) is 0 Å². The molecule has 1 amide bonds. The van der Waals surface area contributed by atoms with Crippen molar-refractivity contribution in [2.45, 2.75) is 13.3 Å². The third kappa shape index (κ3) is 3.07. The summed E-state index contributed by atoms with van der Waals surface area (Å²) in [6.07, 6.45) is 1.70. The van der Waals surface area contributed by atoms with Crippen molar-refractivity contribution >= 4 is 17.4 Å². The molecule has 0 unspecified atom stereocenters. The van der Waals surface area contributed by atoms with Crippen molar-refractivity contribution in [1.29, 1.82) is 0 Å². The highest BCUT2D eigenvalue weighted by atomic mass is 16.3. The number of amides is 1. The Hall–Kier alpha value is -2.36. The molecule has 0 aliphatic carbocycles. The summed E-state index contributed by atoms with van der Waals surface area (Å²) in [5, 5.41) is 2.72. The van der Waals surface area contributed by atoms with Crippen LogP contribution in [0.5, 0.6) is 0 Å². The number of hydrogen-bond acceptors (Lipinski definition) is 3. The van der Waals surface area contributed by atoms with Crippen LogP contribution < -0.4 is 5.32 Å². The van der Waals surface area contributed by atoms with Crippen LogP contribution in [0.15, 0.2) is 47.1 Å². The van der Waals surface area contributed by atoms with E-state index in [9.17, 15) is 9.59 Å². The van der Waals surface area contributed by atoms with Gasteiger partial charge in [-0.3, -0.25) is 9.59 Å². The monoisotopic (exact) mass is 243 g/mol. The molecule has 0 aliphatic heterocycles. The summed E-state index contributed by atoms with van der Waals surface area (Å²) in [4.78, 5) is 22.9. The minimum Gasteiger partial charge on any atom is -0.469 e. The Bertz CT molecular complexity index is 558. The number of ketones is 1. The third-order valence-corrected chi connectivity index (χ3v) is 2.47. The fourth-order valence-electron chi connectivity index (χ4n) is 1.59. The highest BCUT2D eigenvalue weighted by molar-refractivity contribution is 5.97. The molecule has 0 radical (unpaired) electrons. The molecule has 0 spiro atoms. The lowest BCUT2D eigenvalue weighted by molar-refractivity contribution is -0.115. The molecular formula is C14H13NO3. The second kappa shape index (κ2) is 5.31. The maximum atomic E-state index is 11.7. The van der Waals surface area contributed by atoms with Gasteiger partial charge < -0.3 is 9.73 Å². The molecule has 0 bridgehead atoms. The van der Waals surface area contributed by atoms with Crippen molar-refractivity contribution in [2.24, 2.45) is 0 Å².